The fraction of sp³-hybridized carbons (Fsp3) is 0.0769. The highest BCUT2D eigenvalue weighted by Crippen LogP contribution is 2.21. The molecule has 2 N–H and O–H groups in total. The van der Waals surface area contributed by atoms with Gasteiger partial charge in [0.2, 0.25) is 0 Å². The molecule has 0 aliphatic rings. The zero-order chi connectivity index (χ0) is 12.4. The van der Waals surface area contributed by atoms with Gasteiger partial charge in [0.25, 0.3) is 0 Å². The molecular formula is C13H11ClN4. The number of H-pyrrole nitrogens is 1. The van der Waals surface area contributed by atoms with Crippen LogP contribution >= 0.6 is 11.6 Å². The number of nitrogens with one attached hydrogen (secondary N) is 2. The van der Waals surface area contributed by atoms with Crippen molar-refractivity contribution in [2.24, 2.45) is 0 Å². The first-order chi connectivity index (χ1) is 8.84. The van der Waals surface area contributed by atoms with Crippen LogP contribution in [0, 0.1) is 0 Å². The third-order valence-corrected chi connectivity index (χ3v) is 3.07. The molecule has 3 heterocycles. The highest BCUT2D eigenvalue weighted by atomic mass is 35.5. The fourth-order valence-corrected chi connectivity index (χ4v) is 2.05. The Bertz CT molecular complexity index is 677. The van der Waals surface area contributed by atoms with Crippen molar-refractivity contribution in [1.29, 1.82) is 0 Å². The highest BCUT2D eigenvalue weighted by molar-refractivity contribution is 6.31. The molecule has 3 rings (SSSR count). The van der Waals surface area contributed by atoms with E-state index in [2.05, 4.69) is 20.3 Å². The van der Waals surface area contributed by atoms with Crippen LogP contribution in [0.25, 0.3) is 11.0 Å². The third-order valence-electron chi connectivity index (χ3n) is 2.77. The summed E-state index contributed by atoms with van der Waals surface area (Å²) in [7, 11) is 0. The van der Waals surface area contributed by atoms with E-state index in [1.54, 1.807) is 12.4 Å². The van der Waals surface area contributed by atoms with Crippen LogP contribution in [0.2, 0.25) is 5.15 Å². The summed E-state index contributed by atoms with van der Waals surface area (Å²) in [6.07, 6.45) is 5.39. The second kappa shape index (κ2) is 4.66. The molecule has 0 fully saturated rings. The van der Waals surface area contributed by atoms with Gasteiger partial charge in [0.15, 0.2) is 5.15 Å². The van der Waals surface area contributed by atoms with Gasteiger partial charge in [-0.25, -0.2) is 9.97 Å². The molecule has 90 valence electrons. The number of nitrogens with zero attached hydrogens (tertiary/aromatic N) is 2. The molecule has 0 radical (unpaired) electrons. The molecular weight excluding hydrogens is 248 g/mol. The largest absolute Gasteiger partial charge is 0.378 e. The average molecular weight is 259 g/mol. The minimum Gasteiger partial charge on any atom is -0.378 e. The maximum Gasteiger partial charge on any atom is 0.152 e. The van der Waals surface area contributed by atoms with Crippen molar-refractivity contribution in [3.05, 3.63) is 53.6 Å². The zero-order valence-electron chi connectivity index (χ0n) is 9.52. The lowest BCUT2D eigenvalue weighted by molar-refractivity contribution is 1.15. The normalized spacial score (nSPS) is 10.7. The van der Waals surface area contributed by atoms with E-state index in [4.69, 9.17) is 11.6 Å². The van der Waals surface area contributed by atoms with Crippen LogP contribution < -0.4 is 5.32 Å². The quantitative estimate of drug-likeness (QED) is 0.709. The lowest BCUT2D eigenvalue weighted by Crippen LogP contribution is -1.99. The first-order valence-electron chi connectivity index (χ1n) is 5.60. The molecule has 0 aromatic carbocycles. The van der Waals surface area contributed by atoms with Gasteiger partial charge < -0.3 is 10.3 Å². The van der Waals surface area contributed by atoms with E-state index in [9.17, 15) is 0 Å². The second-order valence-corrected chi connectivity index (χ2v) is 4.27. The van der Waals surface area contributed by atoms with E-state index < -0.39 is 0 Å². The summed E-state index contributed by atoms with van der Waals surface area (Å²) in [6, 6.07) is 7.73. The Morgan fingerprint density at radius 2 is 2.00 bits per heavy atom. The van der Waals surface area contributed by atoms with Crippen molar-refractivity contribution in [1.82, 2.24) is 15.0 Å². The summed E-state index contributed by atoms with van der Waals surface area (Å²) in [5.41, 5.74) is 2.88. The molecule has 0 atom stereocenters. The van der Waals surface area contributed by atoms with Crippen molar-refractivity contribution in [3.63, 3.8) is 0 Å². The molecule has 5 heteroatoms. The second-order valence-electron chi connectivity index (χ2n) is 3.91. The Kier molecular flexibility index (Phi) is 2.86. The number of pyridine rings is 2. The smallest absolute Gasteiger partial charge is 0.152 e. The highest BCUT2D eigenvalue weighted by Gasteiger charge is 2.05. The summed E-state index contributed by atoms with van der Waals surface area (Å²) in [4.78, 5) is 11.4. The van der Waals surface area contributed by atoms with Crippen LogP contribution in [0.1, 0.15) is 5.56 Å². The van der Waals surface area contributed by atoms with Crippen molar-refractivity contribution in [2.45, 2.75) is 6.54 Å². The van der Waals surface area contributed by atoms with Gasteiger partial charge in [-0.15, -0.1) is 0 Å². The standard InChI is InChI=1S/C13H11ClN4/c14-12-11(4-2-5-15-12)17-7-9-8-18-13-10(9)3-1-6-16-13/h1-6,8,17H,7H2,(H,16,18). The zero-order valence-corrected chi connectivity index (χ0v) is 10.3. The van der Waals surface area contributed by atoms with E-state index >= 15 is 0 Å². The van der Waals surface area contributed by atoms with Gasteiger partial charge in [0.05, 0.1) is 5.69 Å². The summed E-state index contributed by atoms with van der Waals surface area (Å²) >= 11 is 5.99. The van der Waals surface area contributed by atoms with Crippen molar-refractivity contribution in [2.75, 3.05) is 5.32 Å². The van der Waals surface area contributed by atoms with Crippen LogP contribution in [0.3, 0.4) is 0 Å². The Balaban J connectivity index is 1.83. The summed E-state index contributed by atoms with van der Waals surface area (Å²) in [5.74, 6) is 0. The molecule has 0 aliphatic carbocycles. The number of fused-ring (bicyclic) bond motifs is 1. The first-order valence-corrected chi connectivity index (χ1v) is 5.98. The molecule has 0 spiro atoms. The summed E-state index contributed by atoms with van der Waals surface area (Å²) in [6.45, 7) is 0.678. The van der Waals surface area contributed by atoms with Gasteiger partial charge >= 0.3 is 0 Å². The average Bonchev–Trinajstić information content (AvgIpc) is 2.81. The monoisotopic (exact) mass is 258 g/mol. The van der Waals surface area contributed by atoms with Gasteiger partial charge in [0, 0.05) is 30.5 Å². The number of aromatic nitrogens is 3. The molecule has 0 bridgehead atoms. The SMILES string of the molecule is Clc1ncccc1NCc1c[nH]c2ncccc12. The Morgan fingerprint density at radius 1 is 1.17 bits per heavy atom. The van der Waals surface area contributed by atoms with Gasteiger partial charge in [-0.05, 0) is 29.8 Å². The molecule has 3 aromatic rings. The number of aromatic amines is 1. The fourth-order valence-electron chi connectivity index (χ4n) is 1.87. The van der Waals surface area contributed by atoms with Crippen molar-refractivity contribution < 1.29 is 0 Å². The Labute approximate surface area is 109 Å². The van der Waals surface area contributed by atoms with Crippen LogP contribution in [0.4, 0.5) is 5.69 Å². The Morgan fingerprint density at radius 3 is 2.89 bits per heavy atom. The molecule has 3 aromatic heterocycles. The summed E-state index contributed by atoms with van der Waals surface area (Å²) in [5, 5.41) is 4.86. The molecule has 0 unspecified atom stereocenters. The number of anilines is 1. The van der Waals surface area contributed by atoms with E-state index in [0.717, 1.165) is 22.3 Å². The van der Waals surface area contributed by atoms with Gasteiger partial charge in [-0.3, -0.25) is 0 Å². The number of halogens is 1. The first kappa shape index (κ1) is 11.0. The van der Waals surface area contributed by atoms with Crippen LogP contribution in [0.15, 0.2) is 42.9 Å². The minimum atomic E-state index is 0.482. The molecule has 4 nitrogen and oxygen atoms in total. The predicted octanol–water partition coefficient (Wildman–Crippen LogP) is 3.22. The molecule has 0 saturated heterocycles. The molecule has 0 saturated carbocycles. The maximum absolute atomic E-state index is 5.99. The van der Waals surface area contributed by atoms with Crippen molar-refractivity contribution >= 4 is 28.3 Å². The summed E-state index contributed by atoms with van der Waals surface area (Å²) < 4.78 is 0. The van der Waals surface area contributed by atoms with Crippen LogP contribution in [-0.4, -0.2) is 15.0 Å². The lowest BCUT2D eigenvalue weighted by Gasteiger charge is -2.06. The lowest BCUT2D eigenvalue weighted by atomic mass is 10.2. The van der Waals surface area contributed by atoms with E-state index in [1.165, 1.54) is 0 Å². The number of rotatable bonds is 3. The number of hydrogen-bond donors (Lipinski definition) is 2. The third kappa shape index (κ3) is 2.02. The maximum atomic E-state index is 5.99. The minimum absolute atomic E-state index is 0.482. The van der Waals surface area contributed by atoms with E-state index in [0.29, 0.717) is 11.7 Å². The van der Waals surface area contributed by atoms with E-state index in [-0.39, 0.29) is 0 Å². The van der Waals surface area contributed by atoms with Gasteiger partial charge in [0.1, 0.15) is 5.65 Å². The number of hydrogen-bond acceptors (Lipinski definition) is 3. The van der Waals surface area contributed by atoms with Crippen LogP contribution in [0.5, 0.6) is 0 Å². The van der Waals surface area contributed by atoms with Gasteiger partial charge in [-0.2, -0.15) is 0 Å². The Hall–Kier alpha value is -2.07. The molecule has 0 aliphatic heterocycles. The van der Waals surface area contributed by atoms with Crippen LogP contribution in [-0.2, 0) is 6.54 Å². The topological polar surface area (TPSA) is 53.6 Å². The molecule has 0 amide bonds. The van der Waals surface area contributed by atoms with E-state index in [1.807, 2.05) is 30.5 Å². The van der Waals surface area contributed by atoms with Crippen molar-refractivity contribution in [3.8, 4) is 0 Å². The predicted molar refractivity (Wildman–Crippen MR) is 72.7 cm³/mol. The molecule has 18 heavy (non-hydrogen) atoms. The van der Waals surface area contributed by atoms with Gasteiger partial charge in [-0.1, -0.05) is 11.6 Å².